The van der Waals surface area contributed by atoms with E-state index in [0.717, 1.165) is 32.6 Å². The molecule has 5 nitrogen and oxygen atoms in total. The molecule has 0 unspecified atom stereocenters. The Morgan fingerprint density at radius 2 is 2.08 bits per heavy atom. The number of hydrogen-bond donors (Lipinski definition) is 0. The molecule has 0 atom stereocenters. The number of aromatic nitrogens is 4. The fourth-order valence-electron chi connectivity index (χ4n) is 2.86. The monoisotopic (exact) mass is 369 g/mol. The van der Waals surface area contributed by atoms with Crippen molar-refractivity contribution in [2.75, 3.05) is 11.9 Å². The molecule has 7 heteroatoms. The maximum atomic E-state index is 4.92. The predicted molar refractivity (Wildman–Crippen MR) is 106 cm³/mol. The molecule has 4 heterocycles. The molecule has 0 aliphatic rings. The number of imidazole rings is 1. The van der Waals surface area contributed by atoms with Crippen molar-refractivity contribution in [2.45, 2.75) is 20.4 Å². The highest BCUT2D eigenvalue weighted by atomic mass is 32.1. The first-order chi connectivity index (χ1) is 12.0. The second-order valence-electron chi connectivity index (χ2n) is 6.12. The molecule has 128 valence electrons. The molecule has 0 aliphatic heterocycles. The van der Waals surface area contributed by atoms with Gasteiger partial charge >= 0.3 is 0 Å². The topological polar surface area (TPSA) is 46.8 Å². The summed E-state index contributed by atoms with van der Waals surface area (Å²) in [5.74, 6) is 2.78. The van der Waals surface area contributed by atoms with E-state index in [1.807, 2.05) is 30.1 Å². The molecule has 0 bridgehead atoms. The number of hydrogen-bond acceptors (Lipinski definition) is 6. The molecular weight excluding hydrogens is 350 g/mol. The van der Waals surface area contributed by atoms with Gasteiger partial charge in [0.2, 0.25) is 0 Å². The van der Waals surface area contributed by atoms with E-state index in [9.17, 15) is 0 Å². The van der Waals surface area contributed by atoms with E-state index >= 15 is 0 Å². The van der Waals surface area contributed by atoms with Crippen molar-refractivity contribution in [3.05, 3.63) is 46.2 Å². The van der Waals surface area contributed by atoms with Gasteiger partial charge in [-0.05, 0) is 30.9 Å². The number of rotatable bonds is 4. The Morgan fingerprint density at radius 3 is 2.76 bits per heavy atom. The third-order valence-corrected chi connectivity index (χ3v) is 6.38. The SMILES string of the molecule is Cc1sc2nc(-c3cccs3)nc(N(C)Cc3nccn3C)c2c1C. The summed E-state index contributed by atoms with van der Waals surface area (Å²) in [6, 6.07) is 4.11. The zero-order valence-corrected chi connectivity index (χ0v) is 16.3. The van der Waals surface area contributed by atoms with Gasteiger partial charge in [0.05, 0.1) is 16.8 Å². The average molecular weight is 370 g/mol. The molecule has 4 rings (SSSR count). The molecule has 0 amide bonds. The van der Waals surface area contributed by atoms with Gasteiger partial charge in [-0.1, -0.05) is 6.07 Å². The molecule has 4 aromatic rings. The van der Waals surface area contributed by atoms with Crippen LogP contribution in [0.4, 0.5) is 5.82 Å². The second-order valence-corrected chi connectivity index (χ2v) is 8.27. The van der Waals surface area contributed by atoms with E-state index in [2.05, 4.69) is 42.2 Å². The van der Waals surface area contributed by atoms with Crippen LogP contribution in [0, 0.1) is 13.8 Å². The molecule has 4 aromatic heterocycles. The first kappa shape index (κ1) is 16.2. The van der Waals surface area contributed by atoms with Crippen LogP contribution in [-0.4, -0.2) is 26.6 Å². The van der Waals surface area contributed by atoms with Gasteiger partial charge in [-0.25, -0.2) is 15.0 Å². The highest BCUT2D eigenvalue weighted by Gasteiger charge is 2.19. The van der Waals surface area contributed by atoms with Gasteiger partial charge in [0.25, 0.3) is 0 Å². The van der Waals surface area contributed by atoms with Crippen molar-refractivity contribution in [3.63, 3.8) is 0 Å². The van der Waals surface area contributed by atoms with E-state index in [4.69, 9.17) is 9.97 Å². The lowest BCUT2D eigenvalue weighted by Gasteiger charge is -2.20. The summed E-state index contributed by atoms with van der Waals surface area (Å²) in [6.07, 6.45) is 3.80. The van der Waals surface area contributed by atoms with Gasteiger partial charge in [0.1, 0.15) is 16.5 Å². The molecule has 0 N–H and O–H groups in total. The van der Waals surface area contributed by atoms with Crippen LogP contribution in [0.15, 0.2) is 29.9 Å². The van der Waals surface area contributed by atoms with Crippen LogP contribution in [0.3, 0.4) is 0 Å². The van der Waals surface area contributed by atoms with E-state index in [1.165, 1.54) is 10.4 Å². The van der Waals surface area contributed by atoms with E-state index in [-0.39, 0.29) is 0 Å². The normalized spacial score (nSPS) is 11.4. The third kappa shape index (κ3) is 2.83. The summed E-state index contributed by atoms with van der Waals surface area (Å²) >= 11 is 3.41. The summed E-state index contributed by atoms with van der Waals surface area (Å²) in [4.78, 5) is 19.8. The van der Waals surface area contributed by atoms with Crippen LogP contribution in [0.5, 0.6) is 0 Å². The summed E-state index contributed by atoms with van der Waals surface area (Å²) in [6.45, 7) is 5.00. The van der Waals surface area contributed by atoms with Crippen molar-refractivity contribution >= 4 is 38.7 Å². The fourth-order valence-corrected chi connectivity index (χ4v) is 4.54. The van der Waals surface area contributed by atoms with E-state index in [0.29, 0.717) is 6.54 Å². The largest absolute Gasteiger partial charge is 0.352 e. The van der Waals surface area contributed by atoms with Crippen LogP contribution < -0.4 is 4.90 Å². The molecule has 0 fully saturated rings. The van der Waals surface area contributed by atoms with Gasteiger partial charge < -0.3 is 9.47 Å². The Balaban J connectivity index is 1.86. The molecule has 0 saturated heterocycles. The first-order valence-electron chi connectivity index (χ1n) is 8.03. The van der Waals surface area contributed by atoms with Crippen LogP contribution in [0.25, 0.3) is 20.9 Å². The standard InChI is InChI=1S/C18H19N5S2/c1-11-12(2)25-18-15(11)17(20-16(21-18)13-6-5-9-24-13)23(4)10-14-19-7-8-22(14)3/h5-9H,10H2,1-4H3. The Labute approximate surface area is 154 Å². The van der Waals surface area contributed by atoms with Crippen LogP contribution >= 0.6 is 22.7 Å². The van der Waals surface area contributed by atoms with Crippen LogP contribution in [0.2, 0.25) is 0 Å². The summed E-state index contributed by atoms with van der Waals surface area (Å²) < 4.78 is 2.04. The summed E-state index contributed by atoms with van der Waals surface area (Å²) in [7, 11) is 4.09. The van der Waals surface area contributed by atoms with E-state index < -0.39 is 0 Å². The molecule has 25 heavy (non-hydrogen) atoms. The van der Waals surface area contributed by atoms with Crippen molar-refractivity contribution in [1.82, 2.24) is 19.5 Å². The molecule has 0 radical (unpaired) electrons. The average Bonchev–Trinajstić information content (AvgIpc) is 3.30. The van der Waals surface area contributed by atoms with Gasteiger partial charge in [0.15, 0.2) is 5.82 Å². The molecular formula is C18H19N5S2. The highest BCUT2D eigenvalue weighted by Crippen LogP contribution is 2.37. The quantitative estimate of drug-likeness (QED) is 0.535. The van der Waals surface area contributed by atoms with Gasteiger partial charge in [-0.3, -0.25) is 0 Å². The maximum absolute atomic E-state index is 4.92. The lowest BCUT2D eigenvalue weighted by molar-refractivity contribution is 0.757. The minimum atomic E-state index is 0.702. The Bertz CT molecular complexity index is 1030. The summed E-state index contributed by atoms with van der Waals surface area (Å²) in [5, 5.41) is 3.21. The predicted octanol–water partition coefficient (Wildman–Crippen LogP) is 4.41. The van der Waals surface area contributed by atoms with Crippen molar-refractivity contribution in [2.24, 2.45) is 7.05 Å². The second kappa shape index (κ2) is 6.24. The van der Waals surface area contributed by atoms with Crippen molar-refractivity contribution in [3.8, 4) is 10.7 Å². The lowest BCUT2D eigenvalue weighted by atomic mass is 10.2. The Morgan fingerprint density at radius 1 is 1.24 bits per heavy atom. The zero-order chi connectivity index (χ0) is 17.6. The minimum absolute atomic E-state index is 0.702. The number of aryl methyl sites for hydroxylation is 3. The third-order valence-electron chi connectivity index (χ3n) is 4.41. The van der Waals surface area contributed by atoms with Crippen LogP contribution in [-0.2, 0) is 13.6 Å². The van der Waals surface area contributed by atoms with Gasteiger partial charge in [-0.15, -0.1) is 22.7 Å². The highest BCUT2D eigenvalue weighted by molar-refractivity contribution is 7.19. The van der Waals surface area contributed by atoms with Gasteiger partial charge in [-0.2, -0.15) is 0 Å². The molecule has 0 aliphatic carbocycles. The Kier molecular flexibility index (Phi) is 4.05. The fraction of sp³-hybridized carbons (Fsp3) is 0.278. The summed E-state index contributed by atoms with van der Waals surface area (Å²) in [5.41, 5.74) is 1.26. The van der Waals surface area contributed by atoms with Crippen molar-refractivity contribution in [1.29, 1.82) is 0 Å². The zero-order valence-electron chi connectivity index (χ0n) is 14.6. The number of thiophene rings is 2. The van der Waals surface area contributed by atoms with Crippen LogP contribution in [0.1, 0.15) is 16.3 Å². The number of anilines is 1. The maximum Gasteiger partial charge on any atom is 0.173 e. The van der Waals surface area contributed by atoms with Crippen molar-refractivity contribution < 1.29 is 0 Å². The molecule has 0 spiro atoms. The number of fused-ring (bicyclic) bond motifs is 1. The first-order valence-corrected chi connectivity index (χ1v) is 9.73. The van der Waals surface area contributed by atoms with Gasteiger partial charge in [0, 0.05) is 31.4 Å². The van der Waals surface area contributed by atoms with E-state index in [1.54, 1.807) is 22.7 Å². The lowest BCUT2D eigenvalue weighted by Crippen LogP contribution is -2.21. The Hall–Kier alpha value is -2.25. The smallest absolute Gasteiger partial charge is 0.173 e. The number of nitrogens with zero attached hydrogens (tertiary/aromatic N) is 5. The molecule has 0 aromatic carbocycles. The molecule has 0 saturated carbocycles. The minimum Gasteiger partial charge on any atom is -0.352 e.